The number of nitrogens with zero attached hydrogens (tertiary/aromatic N) is 3. The third-order valence-electron chi connectivity index (χ3n) is 8.99. The van der Waals surface area contributed by atoms with Crippen LogP contribution in [0.25, 0.3) is 22.2 Å². The number of benzene rings is 3. The second-order valence-electron chi connectivity index (χ2n) is 14.6. The highest BCUT2D eigenvalue weighted by atomic mass is 32.2. The molecule has 0 aliphatic carbocycles. The van der Waals surface area contributed by atoms with Crippen molar-refractivity contribution in [1.29, 1.82) is 0 Å². The predicted molar refractivity (Wildman–Crippen MR) is 206 cm³/mol. The molecule has 0 spiro atoms. The second-order valence-corrected chi connectivity index (χ2v) is 16.6. The van der Waals surface area contributed by atoms with Crippen LogP contribution in [0, 0.1) is 5.82 Å². The molecule has 2 aromatic heterocycles. The van der Waals surface area contributed by atoms with Gasteiger partial charge in [-0.1, -0.05) is 48.5 Å². The molecule has 3 aromatic carbocycles. The molecule has 298 valence electrons. The Morgan fingerprint density at radius 1 is 1.00 bits per heavy atom. The number of carbonyl (C=O) groups excluding carboxylic acids is 1. The number of hydrogen-bond acceptors (Lipinski definition) is 8. The van der Waals surface area contributed by atoms with Crippen LogP contribution < -0.4 is 20.1 Å². The van der Waals surface area contributed by atoms with Crippen LogP contribution in [0.3, 0.4) is 0 Å². The largest absolute Gasteiger partial charge is 0.486 e. The Bertz CT molecular complexity index is 2300. The van der Waals surface area contributed by atoms with Crippen molar-refractivity contribution >= 4 is 38.3 Å². The third-order valence-corrected chi connectivity index (χ3v) is 10.3. The molecule has 0 radical (unpaired) electrons. The molecule has 1 aliphatic heterocycles. The van der Waals surface area contributed by atoms with Gasteiger partial charge in [0.25, 0.3) is 5.91 Å². The van der Waals surface area contributed by atoms with E-state index < -0.39 is 46.1 Å². The second kappa shape index (κ2) is 16.5. The Labute approximate surface area is 322 Å². The number of amides is 1. The summed E-state index contributed by atoms with van der Waals surface area (Å²) in [4.78, 5) is 18.7. The number of nitrogens with one attached hydrogen (secondary N) is 3. The molecule has 1 saturated heterocycles. The van der Waals surface area contributed by atoms with E-state index in [2.05, 4.69) is 15.4 Å². The molecule has 3 heterocycles. The Morgan fingerprint density at radius 3 is 2.41 bits per heavy atom. The first-order chi connectivity index (χ1) is 26.5. The van der Waals surface area contributed by atoms with Crippen molar-refractivity contribution in [2.45, 2.75) is 84.5 Å². The number of rotatable bonds is 13. The van der Waals surface area contributed by atoms with Gasteiger partial charge in [0.1, 0.15) is 12.4 Å². The summed E-state index contributed by atoms with van der Waals surface area (Å²) < 4.78 is 99.3. The van der Waals surface area contributed by atoms with Gasteiger partial charge in [-0.2, -0.15) is 18.3 Å². The summed E-state index contributed by atoms with van der Waals surface area (Å²) in [6.45, 7) is 7.25. The fourth-order valence-corrected chi connectivity index (χ4v) is 7.03. The highest BCUT2D eigenvalue weighted by molar-refractivity contribution is 7.92. The molecule has 1 unspecified atom stereocenters. The number of hydrogen-bond donors (Lipinski definition) is 3. The van der Waals surface area contributed by atoms with Crippen molar-refractivity contribution in [2.24, 2.45) is 0 Å². The standard InChI is InChI=1S/C40H44F4N6O5S/c1-5-56(52,53)49-30-16-10-9-15-26(30)23-45-37-35-32(50(34-17-11-12-18-54-34)48-36(35)38(51)47-39(2,3)4)21-31(46-37)28-20-29(41)33(19-27(28)22-40(42,43)44)55-24-25-13-7-6-8-14-25/h6-10,13-16,19-21,34,49H,5,11-12,17-18,22-24H2,1-4H3,(H,45,46)(H,47,51). The van der Waals surface area contributed by atoms with Crippen LogP contribution in [0.4, 0.5) is 29.1 Å². The average molecular weight is 797 g/mol. The number of ether oxygens (including phenoxy) is 2. The topological polar surface area (TPSA) is 136 Å². The molecule has 6 rings (SSSR count). The van der Waals surface area contributed by atoms with Gasteiger partial charge in [0.05, 0.1) is 34.5 Å². The minimum absolute atomic E-state index is 0.0167. The maximum Gasteiger partial charge on any atom is 0.393 e. The number of pyridine rings is 1. The monoisotopic (exact) mass is 796 g/mol. The average Bonchev–Trinajstić information content (AvgIpc) is 3.54. The van der Waals surface area contributed by atoms with E-state index in [4.69, 9.17) is 19.6 Å². The van der Waals surface area contributed by atoms with Crippen LogP contribution in [-0.2, 0) is 34.3 Å². The van der Waals surface area contributed by atoms with E-state index in [1.54, 1.807) is 54.6 Å². The lowest BCUT2D eigenvalue weighted by molar-refractivity contribution is -0.127. The summed E-state index contributed by atoms with van der Waals surface area (Å²) in [7, 11) is -3.66. The van der Waals surface area contributed by atoms with Gasteiger partial charge in [-0.25, -0.2) is 22.5 Å². The number of sulfonamides is 1. The van der Waals surface area contributed by atoms with Crippen LogP contribution in [0.1, 0.15) is 80.4 Å². The number of anilines is 2. The SMILES string of the molecule is CCS(=O)(=O)Nc1ccccc1CNc1nc(-c2cc(F)c(OCc3ccccc3)cc2CC(F)(F)F)cc2c1c(C(=O)NC(C)(C)C)nn2C1CCCCO1. The van der Waals surface area contributed by atoms with Gasteiger partial charge >= 0.3 is 6.18 Å². The predicted octanol–water partition coefficient (Wildman–Crippen LogP) is 8.52. The number of aromatic nitrogens is 3. The minimum atomic E-state index is -4.68. The van der Waals surface area contributed by atoms with Crippen LogP contribution in [-0.4, -0.2) is 53.2 Å². The van der Waals surface area contributed by atoms with Gasteiger partial charge in [0.2, 0.25) is 10.0 Å². The van der Waals surface area contributed by atoms with Crippen molar-refractivity contribution in [3.8, 4) is 17.0 Å². The number of alkyl halides is 3. The van der Waals surface area contributed by atoms with Gasteiger partial charge in [0.15, 0.2) is 23.5 Å². The Hall–Kier alpha value is -5.22. The normalized spacial score (nSPS) is 15.1. The van der Waals surface area contributed by atoms with E-state index in [9.17, 15) is 26.4 Å². The van der Waals surface area contributed by atoms with Gasteiger partial charge < -0.3 is 20.1 Å². The lowest BCUT2D eigenvalue weighted by Gasteiger charge is -2.24. The fourth-order valence-electron chi connectivity index (χ4n) is 6.35. The van der Waals surface area contributed by atoms with E-state index in [1.807, 2.05) is 20.8 Å². The summed E-state index contributed by atoms with van der Waals surface area (Å²) in [6, 6.07) is 19.0. The molecular formula is C40H44F4N6O5S. The van der Waals surface area contributed by atoms with Crippen LogP contribution in [0.2, 0.25) is 0 Å². The highest BCUT2D eigenvalue weighted by Gasteiger charge is 2.33. The first kappa shape index (κ1) is 40.4. The fraction of sp³-hybridized carbons (Fsp3) is 0.375. The van der Waals surface area contributed by atoms with E-state index >= 15 is 4.39 Å². The van der Waals surface area contributed by atoms with Crippen molar-refractivity contribution in [3.63, 3.8) is 0 Å². The number of para-hydroxylation sites is 1. The molecule has 3 N–H and O–H groups in total. The molecular weight excluding hydrogens is 753 g/mol. The van der Waals surface area contributed by atoms with E-state index in [0.717, 1.165) is 25.0 Å². The van der Waals surface area contributed by atoms with Crippen molar-refractivity contribution in [3.05, 3.63) is 101 Å². The Kier molecular flexibility index (Phi) is 11.9. The van der Waals surface area contributed by atoms with Gasteiger partial charge in [-0.15, -0.1) is 0 Å². The maximum atomic E-state index is 15.9. The molecule has 16 heteroatoms. The van der Waals surface area contributed by atoms with Crippen molar-refractivity contribution < 1.29 is 40.2 Å². The number of carbonyl (C=O) groups is 1. The molecule has 56 heavy (non-hydrogen) atoms. The Balaban J connectivity index is 1.54. The first-order valence-electron chi connectivity index (χ1n) is 18.3. The third kappa shape index (κ3) is 9.95. The molecule has 1 atom stereocenters. The molecule has 0 bridgehead atoms. The minimum Gasteiger partial charge on any atom is -0.486 e. The highest BCUT2D eigenvalue weighted by Crippen LogP contribution is 2.39. The molecule has 1 aliphatic rings. The maximum absolute atomic E-state index is 15.9. The molecule has 11 nitrogen and oxygen atoms in total. The zero-order valence-electron chi connectivity index (χ0n) is 31.5. The van der Waals surface area contributed by atoms with E-state index in [1.165, 1.54) is 17.7 Å². The zero-order valence-corrected chi connectivity index (χ0v) is 32.3. The van der Waals surface area contributed by atoms with E-state index in [-0.39, 0.29) is 58.4 Å². The van der Waals surface area contributed by atoms with Crippen molar-refractivity contribution in [2.75, 3.05) is 22.4 Å². The summed E-state index contributed by atoms with van der Waals surface area (Å²) >= 11 is 0. The lowest BCUT2D eigenvalue weighted by Crippen LogP contribution is -2.41. The van der Waals surface area contributed by atoms with Crippen molar-refractivity contribution in [1.82, 2.24) is 20.1 Å². The summed E-state index contributed by atoms with van der Waals surface area (Å²) in [6.07, 6.45) is -4.55. The van der Waals surface area contributed by atoms with Crippen LogP contribution >= 0.6 is 0 Å². The quantitative estimate of drug-likeness (QED) is 0.101. The van der Waals surface area contributed by atoms with Gasteiger partial charge in [-0.05, 0) is 87.9 Å². The van der Waals surface area contributed by atoms with E-state index in [0.29, 0.717) is 35.4 Å². The van der Waals surface area contributed by atoms with Gasteiger partial charge in [0, 0.05) is 24.3 Å². The zero-order chi connectivity index (χ0) is 40.3. The molecule has 5 aromatic rings. The molecule has 0 saturated carbocycles. The number of fused-ring (bicyclic) bond motifs is 1. The summed E-state index contributed by atoms with van der Waals surface area (Å²) in [5.41, 5.74) is 0.666. The number of halogens is 4. The van der Waals surface area contributed by atoms with Crippen LogP contribution in [0.5, 0.6) is 5.75 Å². The van der Waals surface area contributed by atoms with Gasteiger partial charge in [-0.3, -0.25) is 9.52 Å². The molecule has 1 fully saturated rings. The smallest absolute Gasteiger partial charge is 0.393 e. The first-order valence-corrected chi connectivity index (χ1v) is 19.9. The Morgan fingerprint density at radius 2 is 1.73 bits per heavy atom. The summed E-state index contributed by atoms with van der Waals surface area (Å²) in [5, 5.41) is 11.1. The lowest BCUT2D eigenvalue weighted by atomic mass is 9.99. The van der Waals surface area contributed by atoms with Crippen LogP contribution in [0.15, 0.2) is 72.8 Å². The molecule has 1 amide bonds. The summed E-state index contributed by atoms with van der Waals surface area (Å²) in [5.74, 6) is -1.90.